The molecule has 0 amide bonds. The van der Waals surface area contributed by atoms with E-state index in [1.165, 1.54) is 24.5 Å². The lowest BCUT2D eigenvalue weighted by Gasteiger charge is -2.02. The SMILES string of the molecule is N.O=C(O)c1cncc(Cc2ccnc(F)c2)c1. The van der Waals surface area contributed by atoms with Gasteiger partial charge in [-0.15, -0.1) is 0 Å². The third-order valence-corrected chi connectivity index (χ3v) is 2.24. The summed E-state index contributed by atoms with van der Waals surface area (Å²) in [7, 11) is 0. The van der Waals surface area contributed by atoms with E-state index >= 15 is 0 Å². The highest BCUT2D eigenvalue weighted by atomic mass is 19.1. The van der Waals surface area contributed by atoms with Gasteiger partial charge in [0.05, 0.1) is 5.56 Å². The van der Waals surface area contributed by atoms with Crippen LogP contribution < -0.4 is 6.15 Å². The molecule has 2 rings (SSSR count). The Morgan fingerprint density at radius 3 is 2.72 bits per heavy atom. The van der Waals surface area contributed by atoms with Gasteiger partial charge >= 0.3 is 5.97 Å². The van der Waals surface area contributed by atoms with Crippen molar-refractivity contribution in [3.8, 4) is 0 Å². The Bertz CT molecular complexity index is 561. The number of halogens is 1. The van der Waals surface area contributed by atoms with Crippen LogP contribution in [0.5, 0.6) is 0 Å². The normalized spacial score (nSPS) is 9.61. The number of carboxylic acids is 1. The maximum atomic E-state index is 12.9. The largest absolute Gasteiger partial charge is 0.478 e. The number of carboxylic acid groups (broad SMARTS) is 1. The predicted octanol–water partition coefficient (Wildman–Crippen LogP) is 2.07. The first kappa shape index (κ1) is 13.7. The Morgan fingerprint density at radius 2 is 2.06 bits per heavy atom. The highest BCUT2D eigenvalue weighted by Crippen LogP contribution is 2.10. The van der Waals surface area contributed by atoms with Crippen LogP contribution in [0.1, 0.15) is 21.5 Å². The summed E-state index contributed by atoms with van der Waals surface area (Å²) in [6, 6.07) is 4.51. The van der Waals surface area contributed by atoms with Gasteiger partial charge in [0, 0.05) is 18.6 Å². The van der Waals surface area contributed by atoms with Gasteiger partial charge in [0.25, 0.3) is 0 Å². The molecule has 0 radical (unpaired) electrons. The highest BCUT2D eigenvalue weighted by Gasteiger charge is 2.05. The quantitative estimate of drug-likeness (QED) is 0.811. The number of nitrogens with zero attached hydrogens (tertiary/aromatic N) is 2. The Labute approximate surface area is 103 Å². The number of aromatic nitrogens is 2. The first-order valence-corrected chi connectivity index (χ1v) is 4.93. The average molecular weight is 249 g/mol. The maximum Gasteiger partial charge on any atom is 0.337 e. The third-order valence-electron chi connectivity index (χ3n) is 2.24. The van der Waals surface area contributed by atoms with Gasteiger partial charge in [0.2, 0.25) is 5.95 Å². The Balaban J connectivity index is 0.00000162. The molecule has 2 heterocycles. The fourth-order valence-corrected chi connectivity index (χ4v) is 1.49. The van der Waals surface area contributed by atoms with Crippen molar-refractivity contribution in [2.24, 2.45) is 0 Å². The van der Waals surface area contributed by atoms with Crippen molar-refractivity contribution in [3.63, 3.8) is 0 Å². The average Bonchev–Trinajstić information content (AvgIpc) is 2.29. The fraction of sp³-hybridized carbons (Fsp3) is 0.0833. The molecule has 0 saturated carbocycles. The lowest BCUT2D eigenvalue weighted by molar-refractivity contribution is 0.0696. The van der Waals surface area contributed by atoms with Crippen LogP contribution in [0.4, 0.5) is 4.39 Å². The molecular formula is C12H12FN3O2. The molecule has 0 aliphatic heterocycles. The molecule has 5 nitrogen and oxygen atoms in total. The fourth-order valence-electron chi connectivity index (χ4n) is 1.49. The van der Waals surface area contributed by atoms with Crippen molar-refractivity contribution < 1.29 is 14.3 Å². The maximum absolute atomic E-state index is 12.9. The molecule has 0 atom stereocenters. The van der Waals surface area contributed by atoms with E-state index in [1.54, 1.807) is 12.3 Å². The van der Waals surface area contributed by atoms with Crippen LogP contribution in [0.25, 0.3) is 0 Å². The van der Waals surface area contributed by atoms with E-state index in [2.05, 4.69) is 9.97 Å². The second kappa shape index (κ2) is 5.83. The second-order valence-electron chi connectivity index (χ2n) is 3.55. The van der Waals surface area contributed by atoms with Gasteiger partial charge in [0.15, 0.2) is 0 Å². The summed E-state index contributed by atoms with van der Waals surface area (Å²) in [5.41, 5.74) is 1.56. The topological polar surface area (TPSA) is 98.1 Å². The van der Waals surface area contributed by atoms with E-state index in [0.717, 1.165) is 11.1 Å². The van der Waals surface area contributed by atoms with Gasteiger partial charge in [-0.1, -0.05) is 0 Å². The number of rotatable bonds is 3. The Hall–Kier alpha value is -2.34. The minimum atomic E-state index is -1.03. The van der Waals surface area contributed by atoms with Gasteiger partial charge in [-0.05, 0) is 35.7 Å². The van der Waals surface area contributed by atoms with Crippen molar-refractivity contribution in [2.45, 2.75) is 6.42 Å². The van der Waals surface area contributed by atoms with Gasteiger partial charge < -0.3 is 11.3 Å². The van der Waals surface area contributed by atoms with E-state index in [1.807, 2.05) is 0 Å². The molecule has 6 heteroatoms. The van der Waals surface area contributed by atoms with Crippen LogP contribution in [-0.2, 0) is 6.42 Å². The Morgan fingerprint density at radius 1 is 1.28 bits per heavy atom. The van der Waals surface area contributed by atoms with Crippen molar-refractivity contribution in [2.75, 3.05) is 0 Å². The summed E-state index contributed by atoms with van der Waals surface area (Å²) >= 11 is 0. The standard InChI is InChI=1S/C12H9FN2O2.H3N/c13-11-5-8(1-2-15-11)3-9-4-10(12(16)17)7-14-6-9;/h1-2,4-7H,3H2,(H,16,17);1H3. The van der Waals surface area contributed by atoms with Crippen LogP contribution in [0.3, 0.4) is 0 Å². The summed E-state index contributed by atoms with van der Waals surface area (Å²) in [6.07, 6.45) is 4.64. The van der Waals surface area contributed by atoms with E-state index in [0.29, 0.717) is 6.42 Å². The molecule has 0 fully saturated rings. The van der Waals surface area contributed by atoms with Crippen LogP contribution >= 0.6 is 0 Å². The predicted molar refractivity (Wildman–Crippen MR) is 63.2 cm³/mol. The molecule has 0 bridgehead atoms. The molecule has 2 aromatic rings. The summed E-state index contributed by atoms with van der Waals surface area (Å²) in [5, 5.41) is 8.81. The van der Waals surface area contributed by atoms with E-state index in [-0.39, 0.29) is 11.7 Å². The number of pyridine rings is 2. The third kappa shape index (κ3) is 3.33. The molecule has 0 aromatic carbocycles. The van der Waals surface area contributed by atoms with Crippen molar-refractivity contribution in [3.05, 3.63) is 59.4 Å². The minimum absolute atomic E-state index is 0. The minimum Gasteiger partial charge on any atom is -0.478 e. The zero-order valence-electron chi connectivity index (χ0n) is 9.51. The molecule has 2 aromatic heterocycles. The van der Waals surface area contributed by atoms with E-state index in [9.17, 15) is 9.18 Å². The molecular weight excluding hydrogens is 237 g/mol. The van der Waals surface area contributed by atoms with Crippen molar-refractivity contribution in [1.82, 2.24) is 16.1 Å². The van der Waals surface area contributed by atoms with Crippen LogP contribution in [0, 0.1) is 5.95 Å². The van der Waals surface area contributed by atoms with Gasteiger partial charge in [-0.25, -0.2) is 9.78 Å². The number of hydrogen-bond donors (Lipinski definition) is 2. The zero-order valence-corrected chi connectivity index (χ0v) is 9.51. The molecule has 0 spiro atoms. The van der Waals surface area contributed by atoms with Crippen LogP contribution in [0.2, 0.25) is 0 Å². The van der Waals surface area contributed by atoms with E-state index in [4.69, 9.17) is 5.11 Å². The number of aromatic carboxylic acids is 1. The van der Waals surface area contributed by atoms with Gasteiger partial charge in [-0.3, -0.25) is 4.98 Å². The van der Waals surface area contributed by atoms with Crippen LogP contribution in [0.15, 0.2) is 36.8 Å². The van der Waals surface area contributed by atoms with Crippen molar-refractivity contribution >= 4 is 5.97 Å². The molecule has 18 heavy (non-hydrogen) atoms. The molecule has 0 aliphatic carbocycles. The summed E-state index contributed by atoms with van der Waals surface area (Å²) < 4.78 is 12.9. The smallest absolute Gasteiger partial charge is 0.337 e. The first-order valence-electron chi connectivity index (χ1n) is 4.93. The number of hydrogen-bond acceptors (Lipinski definition) is 4. The first-order chi connectivity index (χ1) is 8.15. The monoisotopic (exact) mass is 249 g/mol. The highest BCUT2D eigenvalue weighted by molar-refractivity contribution is 5.87. The lowest BCUT2D eigenvalue weighted by Crippen LogP contribution is -1.99. The molecule has 4 N–H and O–H groups in total. The number of carbonyl (C=O) groups is 1. The Kier molecular flexibility index (Phi) is 4.45. The molecule has 94 valence electrons. The van der Waals surface area contributed by atoms with Crippen molar-refractivity contribution in [1.29, 1.82) is 0 Å². The van der Waals surface area contributed by atoms with Gasteiger partial charge in [-0.2, -0.15) is 4.39 Å². The second-order valence-corrected chi connectivity index (χ2v) is 3.55. The summed E-state index contributed by atoms with van der Waals surface area (Å²) in [6.45, 7) is 0. The lowest BCUT2D eigenvalue weighted by atomic mass is 10.1. The van der Waals surface area contributed by atoms with Gasteiger partial charge in [0.1, 0.15) is 0 Å². The zero-order chi connectivity index (χ0) is 12.3. The van der Waals surface area contributed by atoms with Crippen LogP contribution in [-0.4, -0.2) is 21.0 Å². The summed E-state index contributed by atoms with van der Waals surface area (Å²) in [4.78, 5) is 18.0. The molecule has 0 aliphatic rings. The van der Waals surface area contributed by atoms with E-state index < -0.39 is 11.9 Å². The molecule has 0 saturated heterocycles. The molecule has 0 unspecified atom stereocenters. The summed E-state index contributed by atoms with van der Waals surface area (Å²) in [5.74, 6) is -1.58.